The number of nitrogens with zero attached hydrogens (tertiary/aromatic N) is 3. The smallest absolute Gasteiger partial charge is 0.323 e. The SMILES string of the molecule is COc1ccc(Cl)cc1NC(=O)Nc1ccc(Oc2ncccc2-c2ccncn2)c(C)c1. The van der Waals surface area contributed by atoms with E-state index in [2.05, 4.69) is 25.6 Å². The van der Waals surface area contributed by atoms with Crippen LogP contribution in [0.5, 0.6) is 17.4 Å². The number of nitrogens with one attached hydrogen (secondary N) is 2. The molecule has 0 bridgehead atoms. The van der Waals surface area contributed by atoms with Gasteiger partial charge in [-0.3, -0.25) is 0 Å². The van der Waals surface area contributed by atoms with E-state index in [1.54, 1.807) is 54.9 Å². The first kappa shape index (κ1) is 22.0. The normalized spacial score (nSPS) is 10.4. The van der Waals surface area contributed by atoms with Crippen molar-refractivity contribution in [3.63, 3.8) is 0 Å². The number of rotatable bonds is 6. The predicted molar refractivity (Wildman–Crippen MR) is 127 cm³/mol. The number of benzene rings is 2. The number of hydrogen-bond acceptors (Lipinski definition) is 6. The maximum absolute atomic E-state index is 12.5. The molecular formula is C24H20ClN5O3. The van der Waals surface area contributed by atoms with Crippen LogP contribution < -0.4 is 20.1 Å². The fourth-order valence-corrected chi connectivity index (χ4v) is 3.30. The van der Waals surface area contributed by atoms with Crippen molar-refractivity contribution in [3.8, 4) is 28.6 Å². The minimum atomic E-state index is -0.431. The second-order valence-corrected chi connectivity index (χ2v) is 7.39. The molecule has 0 aliphatic carbocycles. The Morgan fingerprint density at radius 3 is 2.58 bits per heavy atom. The van der Waals surface area contributed by atoms with Crippen molar-refractivity contribution < 1.29 is 14.3 Å². The van der Waals surface area contributed by atoms with E-state index in [0.717, 1.165) is 11.1 Å². The summed E-state index contributed by atoms with van der Waals surface area (Å²) in [4.78, 5) is 25.0. The third-order valence-electron chi connectivity index (χ3n) is 4.68. The van der Waals surface area contributed by atoms with Gasteiger partial charge in [-0.25, -0.2) is 19.7 Å². The zero-order chi connectivity index (χ0) is 23.2. The molecule has 0 aliphatic rings. The summed E-state index contributed by atoms with van der Waals surface area (Å²) < 4.78 is 11.3. The van der Waals surface area contributed by atoms with Gasteiger partial charge in [0, 0.05) is 23.1 Å². The zero-order valence-electron chi connectivity index (χ0n) is 17.9. The molecule has 33 heavy (non-hydrogen) atoms. The van der Waals surface area contributed by atoms with E-state index in [1.165, 1.54) is 13.4 Å². The van der Waals surface area contributed by atoms with Crippen molar-refractivity contribution in [1.29, 1.82) is 0 Å². The van der Waals surface area contributed by atoms with E-state index in [1.807, 2.05) is 19.1 Å². The predicted octanol–water partition coefficient (Wildman–Crippen LogP) is 5.95. The summed E-state index contributed by atoms with van der Waals surface area (Å²) in [6.45, 7) is 1.88. The van der Waals surface area contributed by atoms with E-state index in [4.69, 9.17) is 21.1 Å². The molecule has 0 radical (unpaired) electrons. The van der Waals surface area contributed by atoms with Gasteiger partial charge in [-0.15, -0.1) is 0 Å². The monoisotopic (exact) mass is 461 g/mol. The molecule has 2 aromatic carbocycles. The Kier molecular flexibility index (Phi) is 6.66. The number of anilines is 2. The number of methoxy groups -OCH3 is 1. The van der Waals surface area contributed by atoms with Gasteiger partial charge in [-0.05, 0) is 67.1 Å². The molecule has 166 valence electrons. The van der Waals surface area contributed by atoms with Crippen LogP contribution >= 0.6 is 11.6 Å². The number of aromatic nitrogens is 3. The Morgan fingerprint density at radius 1 is 0.970 bits per heavy atom. The molecule has 0 aliphatic heterocycles. The van der Waals surface area contributed by atoms with Crippen molar-refractivity contribution in [2.75, 3.05) is 17.7 Å². The number of urea groups is 1. The number of pyridine rings is 1. The van der Waals surface area contributed by atoms with Gasteiger partial charge in [0.25, 0.3) is 0 Å². The van der Waals surface area contributed by atoms with Crippen LogP contribution in [0.15, 0.2) is 73.3 Å². The average molecular weight is 462 g/mol. The molecule has 4 aromatic rings. The summed E-state index contributed by atoms with van der Waals surface area (Å²) in [6, 6.07) is 15.3. The second-order valence-electron chi connectivity index (χ2n) is 6.96. The summed E-state index contributed by atoms with van der Waals surface area (Å²) in [5.74, 6) is 1.53. The lowest BCUT2D eigenvalue weighted by Crippen LogP contribution is -2.19. The van der Waals surface area contributed by atoms with Gasteiger partial charge >= 0.3 is 6.03 Å². The minimum absolute atomic E-state index is 0.422. The minimum Gasteiger partial charge on any atom is -0.495 e. The molecular weight excluding hydrogens is 442 g/mol. The Morgan fingerprint density at radius 2 is 1.82 bits per heavy atom. The van der Waals surface area contributed by atoms with E-state index >= 15 is 0 Å². The van der Waals surface area contributed by atoms with Gasteiger partial charge in [0.15, 0.2) is 0 Å². The number of ether oxygens (including phenoxy) is 2. The van der Waals surface area contributed by atoms with Crippen molar-refractivity contribution in [2.45, 2.75) is 6.92 Å². The van der Waals surface area contributed by atoms with Crippen LogP contribution in [-0.2, 0) is 0 Å². The summed E-state index contributed by atoms with van der Waals surface area (Å²) in [5, 5.41) is 6.02. The summed E-state index contributed by atoms with van der Waals surface area (Å²) in [5.41, 5.74) is 3.32. The molecule has 0 saturated carbocycles. The van der Waals surface area contributed by atoms with Crippen LogP contribution in [0.25, 0.3) is 11.3 Å². The number of aryl methyl sites for hydroxylation is 1. The van der Waals surface area contributed by atoms with Gasteiger partial charge in [0.1, 0.15) is 17.8 Å². The van der Waals surface area contributed by atoms with Crippen LogP contribution in [-0.4, -0.2) is 28.1 Å². The lowest BCUT2D eigenvalue weighted by molar-refractivity contribution is 0.262. The van der Waals surface area contributed by atoms with Gasteiger partial charge < -0.3 is 20.1 Å². The Hall–Kier alpha value is -4.17. The van der Waals surface area contributed by atoms with Crippen LogP contribution in [0.2, 0.25) is 5.02 Å². The molecule has 0 fully saturated rings. The Balaban J connectivity index is 1.49. The standard InChI is InChI=1S/C24H20ClN5O3/c1-15-12-17(29-24(31)30-20-13-16(25)5-7-22(20)32-2)6-8-21(15)33-23-18(4-3-10-27-23)19-9-11-26-14-28-19/h3-14H,1-2H3,(H2,29,30,31). The lowest BCUT2D eigenvalue weighted by atomic mass is 10.2. The molecule has 2 heterocycles. The molecule has 2 N–H and O–H groups in total. The molecule has 0 spiro atoms. The molecule has 2 amide bonds. The van der Waals surface area contributed by atoms with Gasteiger partial charge in [-0.1, -0.05) is 11.6 Å². The molecule has 0 atom stereocenters. The number of carbonyl (C=O) groups is 1. The van der Waals surface area contributed by atoms with Crippen molar-refractivity contribution in [3.05, 3.63) is 83.9 Å². The Labute approximate surface area is 195 Å². The van der Waals surface area contributed by atoms with E-state index in [-0.39, 0.29) is 0 Å². The van der Waals surface area contributed by atoms with Gasteiger partial charge in [0.05, 0.1) is 24.1 Å². The van der Waals surface area contributed by atoms with Crippen LogP contribution in [0.1, 0.15) is 5.56 Å². The molecule has 8 nitrogen and oxygen atoms in total. The van der Waals surface area contributed by atoms with Crippen LogP contribution in [0.3, 0.4) is 0 Å². The summed E-state index contributed by atoms with van der Waals surface area (Å²) >= 11 is 6.02. The summed E-state index contributed by atoms with van der Waals surface area (Å²) in [7, 11) is 1.52. The highest BCUT2D eigenvalue weighted by molar-refractivity contribution is 6.31. The maximum atomic E-state index is 12.5. The first-order chi connectivity index (χ1) is 16.0. The average Bonchev–Trinajstić information content (AvgIpc) is 2.82. The highest BCUT2D eigenvalue weighted by Crippen LogP contribution is 2.32. The number of halogens is 1. The third kappa shape index (κ3) is 5.36. The van der Waals surface area contributed by atoms with Crippen molar-refractivity contribution in [1.82, 2.24) is 15.0 Å². The topological polar surface area (TPSA) is 98.3 Å². The third-order valence-corrected chi connectivity index (χ3v) is 4.91. The molecule has 0 saturated heterocycles. The molecule has 2 aromatic heterocycles. The number of hydrogen-bond donors (Lipinski definition) is 2. The zero-order valence-corrected chi connectivity index (χ0v) is 18.6. The Bertz CT molecular complexity index is 1280. The fraction of sp³-hybridized carbons (Fsp3) is 0.0833. The fourth-order valence-electron chi connectivity index (χ4n) is 3.13. The molecule has 4 rings (SSSR count). The molecule has 9 heteroatoms. The van der Waals surface area contributed by atoms with Crippen LogP contribution in [0, 0.1) is 6.92 Å². The second kappa shape index (κ2) is 9.97. The summed E-state index contributed by atoms with van der Waals surface area (Å²) in [6.07, 6.45) is 4.79. The van der Waals surface area contributed by atoms with Crippen molar-refractivity contribution in [2.24, 2.45) is 0 Å². The van der Waals surface area contributed by atoms with Gasteiger partial charge in [-0.2, -0.15) is 0 Å². The van der Waals surface area contributed by atoms with E-state index in [0.29, 0.717) is 39.5 Å². The largest absolute Gasteiger partial charge is 0.495 e. The highest BCUT2D eigenvalue weighted by Gasteiger charge is 2.13. The molecule has 0 unspecified atom stereocenters. The highest BCUT2D eigenvalue weighted by atomic mass is 35.5. The lowest BCUT2D eigenvalue weighted by Gasteiger charge is -2.14. The number of amides is 2. The van der Waals surface area contributed by atoms with Crippen molar-refractivity contribution >= 4 is 29.0 Å². The van der Waals surface area contributed by atoms with E-state index < -0.39 is 6.03 Å². The first-order valence-corrected chi connectivity index (χ1v) is 10.3. The first-order valence-electron chi connectivity index (χ1n) is 9.95. The quantitative estimate of drug-likeness (QED) is 0.368. The van der Waals surface area contributed by atoms with E-state index in [9.17, 15) is 4.79 Å². The van der Waals surface area contributed by atoms with Gasteiger partial charge in [0.2, 0.25) is 5.88 Å². The van der Waals surface area contributed by atoms with Crippen LogP contribution in [0.4, 0.5) is 16.2 Å². The number of carbonyl (C=O) groups excluding carboxylic acids is 1. The maximum Gasteiger partial charge on any atom is 0.323 e.